The Morgan fingerprint density at radius 3 is 2.53 bits per heavy atom. The molecule has 1 saturated carbocycles. The lowest BCUT2D eigenvalue weighted by Gasteiger charge is -2.24. The largest absolute Gasteiger partial charge is 0.391 e. The molecule has 3 N–H and O–H groups in total. The number of nitrogens with two attached hydrogens (primary N) is 1. The standard InChI is InChI=1S/C14H21NO.ClH/c1-10-5-4-8-12(9-10)13(15)14(16)11-6-2-3-7-11;/h4-5,8-9,11,13-14,16H,2-3,6-7,15H2,1H3;1H/t13-,14+;/m0./s1. The lowest BCUT2D eigenvalue weighted by Crippen LogP contribution is -2.31. The topological polar surface area (TPSA) is 46.2 Å². The highest BCUT2D eigenvalue weighted by molar-refractivity contribution is 5.85. The van der Waals surface area contributed by atoms with Crippen molar-refractivity contribution in [3.63, 3.8) is 0 Å². The number of aliphatic hydroxyl groups excluding tert-OH is 1. The quantitative estimate of drug-likeness (QED) is 0.872. The first kappa shape index (κ1) is 14.5. The summed E-state index contributed by atoms with van der Waals surface area (Å²) in [6.45, 7) is 2.05. The fourth-order valence-corrected chi connectivity index (χ4v) is 2.67. The summed E-state index contributed by atoms with van der Waals surface area (Å²) < 4.78 is 0. The smallest absolute Gasteiger partial charge is 0.0760 e. The normalized spacial score (nSPS) is 19.7. The van der Waals surface area contributed by atoms with Gasteiger partial charge in [0.25, 0.3) is 0 Å². The number of rotatable bonds is 3. The van der Waals surface area contributed by atoms with Gasteiger partial charge < -0.3 is 10.8 Å². The van der Waals surface area contributed by atoms with Gasteiger partial charge in [-0.15, -0.1) is 12.4 Å². The van der Waals surface area contributed by atoms with Crippen molar-refractivity contribution in [1.29, 1.82) is 0 Å². The predicted octanol–water partition coefficient (Wildman–Crippen LogP) is 2.97. The van der Waals surface area contributed by atoms with Crippen LogP contribution in [0.25, 0.3) is 0 Å². The minimum Gasteiger partial charge on any atom is -0.391 e. The van der Waals surface area contributed by atoms with E-state index in [1.54, 1.807) is 0 Å². The molecule has 0 radical (unpaired) electrons. The molecule has 3 heteroatoms. The van der Waals surface area contributed by atoms with Crippen LogP contribution in [0.4, 0.5) is 0 Å². The Bertz CT molecular complexity index is 350. The van der Waals surface area contributed by atoms with Crippen LogP contribution in [-0.4, -0.2) is 11.2 Å². The zero-order valence-electron chi connectivity index (χ0n) is 10.3. The summed E-state index contributed by atoms with van der Waals surface area (Å²) in [4.78, 5) is 0. The van der Waals surface area contributed by atoms with E-state index in [-0.39, 0.29) is 24.6 Å². The number of hydrogen-bond acceptors (Lipinski definition) is 2. The van der Waals surface area contributed by atoms with Crippen molar-refractivity contribution >= 4 is 12.4 Å². The number of aliphatic hydroxyl groups is 1. The van der Waals surface area contributed by atoms with E-state index in [4.69, 9.17) is 5.73 Å². The highest BCUT2D eigenvalue weighted by Crippen LogP contribution is 2.32. The molecule has 0 saturated heterocycles. The molecule has 1 fully saturated rings. The number of hydrogen-bond donors (Lipinski definition) is 2. The predicted molar refractivity (Wildman–Crippen MR) is 73.3 cm³/mol. The van der Waals surface area contributed by atoms with Crippen LogP contribution in [-0.2, 0) is 0 Å². The summed E-state index contributed by atoms with van der Waals surface area (Å²) >= 11 is 0. The van der Waals surface area contributed by atoms with Gasteiger partial charge in [0.1, 0.15) is 0 Å². The van der Waals surface area contributed by atoms with Gasteiger partial charge in [-0.3, -0.25) is 0 Å². The summed E-state index contributed by atoms with van der Waals surface area (Å²) in [7, 11) is 0. The molecule has 2 atom stereocenters. The maximum atomic E-state index is 10.2. The van der Waals surface area contributed by atoms with Gasteiger partial charge in [-0.25, -0.2) is 0 Å². The van der Waals surface area contributed by atoms with Crippen molar-refractivity contribution in [1.82, 2.24) is 0 Å². The first-order valence-corrected chi connectivity index (χ1v) is 6.18. The van der Waals surface area contributed by atoms with Crippen molar-refractivity contribution in [2.24, 2.45) is 11.7 Å². The molecule has 0 amide bonds. The van der Waals surface area contributed by atoms with Gasteiger partial charge in [0.15, 0.2) is 0 Å². The van der Waals surface area contributed by atoms with Gasteiger partial charge in [0, 0.05) is 0 Å². The highest BCUT2D eigenvalue weighted by atomic mass is 35.5. The molecule has 1 aliphatic rings. The molecular weight excluding hydrogens is 234 g/mol. The van der Waals surface area contributed by atoms with Crippen LogP contribution < -0.4 is 5.73 Å². The van der Waals surface area contributed by atoms with Crippen LogP contribution in [0.15, 0.2) is 24.3 Å². The third kappa shape index (κ3) is 3.44. The molecule has 0 spiro atoms. The molecule has 0 unspecified atom stereocenters. The zero-order valence-corrected chi connectivity index (χ0v) is 11.1. The SMILES string of the molecule is Cc1cccc([C@H](N)[C@H](O)C2CCCC2)c1.Cl. The van der Waals surface area contributed by atoms with Crippen LogP contribution in [0.5, 0.6) is 0 Å². The summed E-state index contributed by atoms with van der Waals surface area (Å²) in [6.07, 6.45) is 4.34. The second-order valence-electron chi connectivity index (χ2n) is 4.98. The third-order valence-electron chi connectivity index (χ3n) is 3.68. The van der Waals surface area contributed by atoms with E-state index in [1.807, 2.05) is 12.1 Å². The second kappa shape index (κ2) is 6.39. The van der Waals surface area contributed by atoms with Gasteiger partial charge in [0.05, 0.1) is 12.1 Å². The van der Waals surface area contributed by atoms with Crippen molar-refractivity contribution < 1.29 is 5.11 Å². The second-order valence-corrected chi connectivity index (χ2v) is 4.98. The van der Waals surface area contributed by atoms with Crippen LogP contribution >= 0.6 is 12.4 Å². The van der Waals surface area contributed by atoms with Crippen LogP contribution in [0.1, 0.15) is 42.9 Å². The monoisotopic (exact) mass is 255 g/mol. The molecule has 0 aromatic heterocycles. The number of benzene rings is 1. The van der Waals surface area contributed by atoms with Gasteiger partial charge in [-0.2, -0.15) is 0 Å². The maximum absolute atomic E-state index is 10.2. The Hall–Kier alpha value is -0.570. The lowest BCUT2D eigenvalue weighted by atomic mass is 9.90. The van der Waals surface area contributed by atoms with E-state index in [1.165, 1.54) is 18.4 Å². The minimum absolute atomic E-state index is 0. The first-order chi connectivity index (χ1) is 7.68. The van der Waals surface area contributed by atoms with E-state index in [0.717, 1.165) is 18.4 Å². The highest BCUT2D eigenvalue weighted by Gasteiger charge is 2.28. The van der Waals surface area contributed by atoms with Crippen LogP contribution in [0.2, 0.25) is 0 Å². The Morgan fingerprint density at radius 2 is 1.94 bits per heavy atom. The molecule has 0 heterocycles. The van der Waals surface area contributed by atoms with E-state index in [2.05, 4.69) is 19.1 Å². The molecule has 1 aliphatic carbocycles. The average Bonchev–Trinajstić information content (AvgIpc) is 2.80. The van der Waals surface area contributed by atoms with Gasteiger partial charge in [-0.1, -0.05) is 42.7 Å². The summed E-state index contributed by atoms with van der Waals surface area (Å²) in [5.41, 5.74) is 8.39. The van der Waals surface area contributed by atoms with Crippen molar-refractivity contribution in [2.75, 3.05) is 0 Å². The van der Waals surface area contributed by atoms with Gasteiger partial charge in [0.2, 0.25) is 0 Å². The zero-order chi connectivity index (χ0) is 11.5. The molecule has 1 aromatic rings. The summed E-state index contributed by atoms with van der Waals surface area (Å²) in [6, 6.07) is 7.91. The summed E-state index contributed by atoms with van der Waals surface area (Å²) in [5, 5.41) is 10.2. The fourth-order valence-electron chi connectivity index (χ4n) is 2.67. The molecule has 96 valence electrons. The number of aryl methyl sites for hydroxylation is 1. The third-order valence-corrected chi connectivity index (χ3v) is 3.68. The Labute approximate surface area is 110 Å². The Kier molecular flexibility index (Phi) is 5.44. The van der Waals surface area contributed by atoms with Crippen molar-refractivity contribution in [2.45, 2.75) is 44.8 Å². The maximum Gasteiger partial charge on any atom is 0.0760 e. The molecule has 17 heavy (non-hydrogen) atoms. The lowest BCUT2D eigenvalue weighted by molar-refractivity contribution is 0.0845. The molecule has 1 aromatic carbocycles. The Balaban J connectivity index is 0.00000144. The van der Waals surface area contributed by atoms with E-state index in [9.17, 15) is 5.11 Å². The van der Waals surface area contributed by atoms with Crippen molar-refractivity contribution in [3.8, 4) is 0 Å². The van der Waals surface area contributed by atoms with E-state index in [0.29, 0.717) is 5.92 Å². The summed E-state index contributed by atoms with van der Waals surface area (Å²) in [5.74, 6) is 0.399. The Morgan fingerprint density at radius 1 is 1.29 bits per heavy atom. The van der Waals surface area contributed by atoms with Gasteiger partial charge >= 0.3 is 0 Å². The molecule has 0 aliphatic heterocycles. The number of halogens is 1. The van der Waals surface area contributed by atoms with Crippen molar-refractivity contribution in [3.05, 3.63) is 35.4 Å². The molecule has 2 rings (SSSR count). The first-order valence-electron chi connectivity index (χ1n) is 6.18. The minimum atomic E-state index is -0.385. The molecule has 2 nitrogen and oxygen atoms in total. The van der Waals surface area contributed by atoms with E-state index >= 15 is 0 Å². The van der Waals surface area contributed by atoms with Gasteiger partial charge in [-0.05, 0) is 31.2 Å². The van der Waals surface area contributed by atoms with E-state index < -0.39 is 0 Å². The molecule has 0 bridgehead atoms. The van der Waals surface area contributed by atoms with Crippen LogP contribution in [0, 0.1) is 12.8 Å². The molecular formula is C14H22ClNO. The average molecular weight is 256 g/mol. The van der Waals surface area contributed by atoms with Crippen LogP contribution in [0.3, 0.4) is 0 Å². The fraction of sp³-hybridized carbons (Fsp3) is 0.571.